The average molecular weight is 521 g/mol. The van der Waals surface area contributed by atoms with Crippen LogP contribution in [0.4, 0.5) is 20.6 Å². The maximum atomic E-state index is 13.7. The van der Waals surface area contributed by atoms with Gasteiger partial charge < -0.3 is 4.74 Å². The molecule has 0 unspecified atom stereocenters. The van der Waals surface area contributed by atoms with Crippen LogP contribution in [0.25, 0.3) is 6.08 Å². The molecule has 0 atom stereocenters. The summed E-state index contributed by atoms with van der Waals surface area (Å²) in [6.45, 7) is 2.25. The minimum Gasteiger partial charge on any atom is -0.494 e. The van der Waals surface area contributed by atoms with Crippen LogP contribution in [-0.2, 0) is 16.0 Å². The summed E-state index contributed by atoms with van der Waals surface area (Å²) >= 11 is 0. The van der Waals surface area contributed by atoms with E-state index in [0.29, 0.717) is 35.7 Å². The van der Waals surface area contributed by atoms with Gasteiger partial charge in [-0.05, 0) is 72.2 Å². The van der Waals surface area contributed by atoms with Gasteiger partial charge in [0.25, 0.3) is 11.8 Å². The summed E-state index contributed by atoms with van der Waals surface area (Å²) in [5.41, 5.74) is 2.71. The van der Waals surface area contributed by atoms with E-state index in [4.69, 9.17) is 4.74 Å². The average Bonchev–Trinajstić information content (AvgIpc) is 2.94. The fourth-order valence-corrected chi connectivity index (χ4v) is 4.47. The van der Waals surface area contributed by atoms with Crippen molar-refractivity contribution in [2.75, 3.05) is 16.4 Å². The Balaban J connectivity index is 1.57. The van der Waals surface area contributed by atoms with Gasteiger partial charge in [-0.2, -0.15) is 0 Å². The Bertz CT molecular complexity index is 1500. The van der Waals surface area contributed by atoms with E-state index in [1.807, 2.05) is 19.1 Å². The number of carbonyl (C=O) groups excluding carboxylic acids is 3. The van der Waals surface area contributed by atoms with Crippen LogP contribution in [0.5, 0.6) is 5.75 Å². The van der Waals surface area contributed by atoms with Crippen LogP contribution >= 0.6 is 0 Å². The Labute approximate surface area is 225 Å². The predicted molar refractivity (Wildman–Crippen MR) is 148 cm³/mol. The number of carbonyl (C=O) groups is 3. The largest absolute Gasteiger partial charge is 0.494 e. The first-order valence-electron chi connectivity index (χ1n) is 12.5. The van der Waals surface area contributed by atoms with Gasteiger partial charge in [-0.15, -0.1) is 0 Å². The molecular weight excluding hydrogens is 495 g/mol. The molecule has 0 aliphatic carbocycles. The van der Waals surface area contributed by atoms with E-state index in [1.54, 1.807) is 78.9 Å². The fourth-order valence-electron chi connectivity index (χ4n) is 4.47. The van der Waals surface area contributed by atoms with E-state index in [1.165, 1.54) is 18.2 Å². The second kappa shape index (κ2) is 11.1. The number of imide groups is 2. The Morgan fingerprint density at radius 3 is 1.92 bits per heavy atom. The van der Waals surface area contributed by atoms with E-state index in [2.05, 4.69) is 0 Å². The minimum absolute atomic E-state index is 0.164. The lowest BCUT2D eigenvalue weighted by atomic mass is 10.00. The SMILES string of the molecule is CCOc1cc(C=C2C(=O)N(c3ccccc3)C(=O)N(c3ccccc3)C2=O)ccc1Cc1cccc(F)c1. The molecule has 1 fully saturated rings. The Kier molecular flexibility index (Phi) is 7.32. The monoisotopic (exact) mass is 520 g/mol. The molecular formula is C32H25FN2O4. The summed E-state index contributed by atoms with van der Waals surface area (Å²) in [5.74, 6) is -1.19. The zero-order valence-electron chi connectivity index (χ0n) is 21.2. The molecule has 0 aromatic heterocycles. The summed E-state index contributed by atoms with van der Waals surface area (Å²) in [6, 6.07) is 27.9. The van der Waals surface area contributed by atoms with Crippen molar-refractivity contribution in [1.82, 2.24) is 0 Å². The number of para-hydroxylation sites is 2. The van der Waals surface area contributed by atoms with Gasteiger partial charge >= 0.3 is 6.03 Å². The molecule has 1 aliphatic rings. The lowest BCUT2D eigenvalue weighted by Crippen LogP contribution is -2.57. The lowest BCUT2D eigenvalue weighted by Gasteiger charge is -2.33. The van der Waals surface area contributed by atoms with Crippen molar-refractivity contribution in [2.45, 2.75) is 13.3 Å². The first kappa shape index (κ1) is 25.6. The topological polar surface area (TPSA) is 66.9 Å². The van der Waals surface area contributed by atoms with Crippen LogP contribution < -0.4 is 14.5 Å². The first-order valence-corrected chi connectivity index (χ1v) is 12.5. The Morgan fingerprint density at radius 1 is 0.744 bits per heavy atom. The Hall–Kier alpha value is -5.04. The van der Waals surface area contributed by atoms with E-state index in [-0.39, 0.29) is 11.4 Å². The van der Waals surface area contributed by atoms with Crippen molar-refractivity contribution < 1.29 is 23.5 Å². The van der Waals surface area contributed by atoms with E-state index in [9.17, 15) is 18.8 Å². The van der Waals surface area contributed by atoms with Gasteiger partial charge in [0.1, 0.15) is 17.1 Å². The normalized spacial score (nSPS) is 13.6. The van der Waals surface area contributed by atoms with Gasteiger partial charge in [0.05, 0.1) is 18.0 Å². The maximum Gasteiger partial charge on any atom is 0.343 e. The molecule has 1 saturated heterocycles. The van der Waals surface area contributed by atoms with E-state index in [0.717, 1.165) is 20.9 Å². The number of ether oxygens (including phenoxy) is 1. The quantitative estimate of drug-likeness (QED) is 0.209. The lowest BCUT2D eigenvalue weighted by molar-refractivity contribution is -0.121. The third-order valence-corrected chi connectivity index (χ3v) is 6.26. The molecule has 0 N–H and O–H groups in total. The van der Waals surface area contributed by atoms with Crippen LogP contribution in [-0.4, -0.2) is 24.5 Å². The van der Waals surface area contributed by atoms with Crippen molar-refractivity contribution in [3.63, 3.8) is 0 Å². The summed E-state index contributed by atoms with van der Waals surface area (Å²) in [4.78, 5) is 42.7. The number of halogens is 1. The van der Waals surface area contributed by atoms with E-state index < -0.39 is 17.8 Å². The third kappa shape index (κ3) is 5.33. The molecule has 4 aromatic rings. The van der Waals surface area contributed by atoms with Crippen molar-refractivity contribution >= 4 is 35.3 Å². The number of anilines is 2. The number of hydrogen-bond acceptors (Lipinski definition) is 4. The molecule has 6 nitrogen and oxygen atoms in total. The van der Waals surface area contributed by atoms with Crippen LogP contribution in [0.1, 0.15) is 23.6 Å². The maximum absolute atomic E-state index is 13.7. The molecule has 194 valence electrons. The molecule has 4 aromatic carbocycles. The third-order valence-electron chi connectivity index (χ3n) is 6.26. The van der Waals surface area contributed by atoms with Gasteiger partial charge in [-0.25, -0.2) is 19.0 Å². The summed E-state index contributed by atoms with van der Waals surface area (Å²) in [5, 5.41) is 0. The number of hydrogen-bond donors (Lipinski definition) is 0. The highest BCUT2D eigenvalue weighted by Crippen LogP contribution is 2.31. The van der Waals surface area contributed by atoms with Gasteiger partial charge in [-0.1, -0.05) is 60.7 Å². The molecule has 7 heteroatoms. The first-order chi connectivity index (χ1) is 19.0. The van der Waals surface area contributed by atoms with E-state index >= 15 is 0 Å². The van der Waals surface area contributed by atoms with Crippen molar-refractivity contribution in [3.05, 3.63) is 131 Å². The molecule has 0 saturated carbocycles. The summed E-state index contributed by atoms with van der Waals surface area (Å²) < 4.78 is 19.6. The number of rotatable bonds is 7. The summed E-state index contributed by atoms with van der Waals surface area (Å²) in [7, 11) is 0. The molecule has 39 heavy (non-hydrogen) atoms. The van der Waals surface area contributed by atoms with Crippen molar-refractivity contribution in [1.29, 1.82) is 0 Å². The zero-order valence-corrected chi connectivity index (χ0v) is 21.2. The fraction of sp³-hybridized carbons (Fsp3) is 0.0938. The molecule has 5 rings (SSSR count). The number of urea groups is 1. The molecule has 1 heterocycles. The van der Waals surface area contributed by atoms with Gasteiger partial charge in [0, 0.05) is 6.42 Å². The number of benzene rings is 4. The molecule has 1 aliphatic heterocycles. The molecule has 0 spiro atoms. The smallest absolute Gasteiger partial charge is 0.343 e. The number of barbiturate groups is 1. The Morgan fingerprint density at radius 2 is 1.36 bits per heavy atom. The number of amides is 4. The molecule has 0 radical (unpaired) electrons. The number of nitrogens with zero attached hydrogens (tertiary/aromatic N) is 2. The van der Waals surface area contributed by atoms with Crippen molar-refractivity contribution in [2.24, 2.45) is 0 Å². The van der Waals surface area contributed by atoms with Crippen LogP contribution in [0.2, 0.25) is 0 Å². The molecule has 4 amide bonds. The van der Waals surface area contributed by atoms with Gasteiger partial charge in [-0.3, -0.25) is 9.59 Å². The highest BCUT2D eigenvalue weighted by Gasteiger charge is 2.43. The predicted octanol–water partition coefficient (Wildman–Crippen LogP) is 6.40. The summed E-state index contributed by atoms with van der Waals surface area (Å²) in [6.07, 6.45) is 1.91. The highest BCUT2D eigenvalue weighted by molar-refractivity contribution is 6.46. The van der Waals surface area contributed by atoms with Crippen LogP contribution in [0.3, 0.4) is 0 Å². The van der Waals surface area contributed by atoms with Crippen molar-refractivity contribution in [3.8, 4) is 5.75 Å². The second-order valence-corrected chi connectivity index (χ2v) is 8.90. The van der Waals surface area contributed by atoms with Gasteiger partial charge in [0.2, 0.25) is 0 Å². The molecule has 0 bridgehead atoms. The van der Waals surface area contributed by atoms with Gasteiger partial charge in [0.15, 0.2) is 0 Å². The minimum atomic E-state index is -0.750. The zero-order chi connectivity index (χ0) is 27.4. The van der Waals surface area contributed by atoms with Crippen LogP contribution in [0.15, 0.2) is 109 Å². The standard InChI is InChI=1S/C32H25FN2O4/c1-2-39-29-21-23(16-17-24(29)18-22-10-9-11-25(33)19-22)20-28-30(36)34(26-12-5-3-6-13-26)32(38)35(31(28)37)27-14-7-4-8-15-27/h3-17,19-21H,2,18H2,1H3. The second-order valence-electron chi connectivity index (χ2n) is 8.90. The highest BCUT2D eigenvalue weighted by atomic mass is 19.1. The van der Waals surface area contributed by atoms with Crippen LogP contribution in [0, 0.1) is 5.82 Å².